The van der Waals surface area contributed by atoms with E-state index in [1.165, 1.54) is 37.4 Å². The van der Waals surface area contributed by atoms with Crippen LogP contribution < -0.4 is 5.32 Å². The summed E-state index contributed by atoms with van der Waals surface area (Å²) in [4.78, 5) is 16.2. The highest BCUT2D eigenvalue weighted by Crippen LogP contribution is 2.32. The van der Waals surface area contributed by atoms with E-state index in [9.17, 15) is 4.79 Å². The van der Waals surface area contributed by atoms with E-state index in [0.717, 1.165) is 5.82 Å². The molecule has 2 N–H and O–H groups in total. The quantitative estimate of drug-likeness (QED) is 0.619. The zero-order valence-corrected chi connectivity index (χ0v) is 12.0. The van der Waals surface area contributed by atoms with Gasteiger partial charge in [0.1, 0.15) is 5.82 Å². The second kappa shape index (κ2) is 6.75. The number of thioether (sulfide) groups is 1. The van der Waals surface area contributed by atoms with Gasteiger partial charge in [0.05, 0.1) is 5.25 Å². The second-order valence-electron chi connectivity index (χ2n) is 4.78. The monoisotopic (exact) mass is 280 g/mol. The molecule has 0 aromatic carbocycles. The molecule has 1 saturated carbocycles. The summed E-state index contributed by atoms with van der Waals surface area (Å²) in [5.74, 6) is 1.47. The molecule has 1 fully saturated rings. The zero-order valence-electron chi connectivity index (χ0n) is 11.2. The van der Waals surface area contributed by atoms with Gasteiger partial charge in [-0.1, -0.05) is 30.7 Å². The number of H-pyrrole nitrogens is 1. The minimum absolute atomic E-state index is 0.0166. The number of hydrogen-bond acceptors (Lipinski definition) is 4. The maximum atomic E-state index is 11.7. The molecule has 1 unspecified atom stereocenters. The van der Waals surface area contributed by atoms with Crippen LogP contribution in [0.3, 0.4) is 0 Å². The topological polar surface area (TPSA) is 70.7 Å². The van der Waals surface area contributed by atoms with Crippen LogP contribution in [0.25, 0.3) is 0 Å². The smallest absolute Gasteiger partial charge is 0.233 e. The Balaban J connectivity index is 1.88. The lowest BCUT2D eigenvalue weighted by Crippen LogP contribution is -2.30. The summed E-state index contributed by atoms with van der Waals surface area (Å²) in [6.45, 7) is 5.92. The molecule has 1 aromatic rings. The summed E-state index contributed by atoms with van der Waals surface area (Å²) in [5.41, 5.74) is 0. The van der Waals surface area contributed by atoms with Crippen molar-refractivity contribution in [2.24, 2.45) is 0 Å². The SMILES string of the molecule is C=CCNC(=O)C(C)Sc1n[nH]c(C2CCCC2)n1. The van der Waals surface area contributed by atoms with Crippen LogP contribution in [0.15, 0.2) is 17.8 Å². The van der Waals surface area contributed by atoms with Gasteiger partial charge in [0.25, 0.3) is 0 Å². The number of carbonyl (C=O) groups excluding carboxylic acids is 1. The number of aromatic amines is 1. The molecule has 1 atom stereocenters. The molecule has 0 spiro atoms. The van der Waals surface area contributed by atoms with Crippen LogP contribution in [0, 0.1) is 0 Å². The van der Waals surface area contributed by atoms with Crippen LogP contribution in [0.4, 0.5) is 0 Å². The highest BCUT2D eigenvalue weighted by atomic mass is 32.2. The Morgan fingerprint density at radius 3 is 3.05 bits per heavy atom. The normalized spacial score (nSPS) is 17.3. The molecule has 0 saturated heterocycles. The number of nitrogens with one attached hydrogen (secondary N) is 2. The second-order valence-corrected chi connectivity index (χ2v) is 6.09. The first-order valence-electron chi connectivity index (χ1n) is 6.68. The molecule has 104 valence electrons. The number of rotatable bonds is 6. The van der Waals surface area contributed by atoms with Crippen molar-refractivity contribution in [3.05, 3.63) is 18.5 Å². The molecule has 0 radical (unpaired) electrons. The van der Waals surface area contributed by atoms with Gasteiger partial charge in [-0.25, -0.2) is 4.98 Å². The lowest BCUT2D eigenvalue weighted by Gasteiger charge is -2.08. The maximum Gasteiger partial charge on any atom is 0.233 e. The molecule has 19 heavy (non-hydrogen) atoms. The van der Waals surface area contributed by atoms with Crippen molar-refractivity contribution in [1.82, 2.24) is 20.5 Å². The van der Waals surface area contributed by atoms with Crippen molar-refractivity contribution in [3.63, 3.8) is 0 Å². The van der Waals surface area contributed by atoms with E-state index in [0.29, 0.717) is 17.6 Å². The fraction of sp³-hybridized carbons (Fsp3) is 0.615. The fourth-order valence-corrected chi connectivity index (χ4v) is 2.98. The molecule has 0 aliphatic heterocycles. The summed E-state index contributed by atoms with van der Waals surface area (Å²) in [7, 11) is 0. The lowest BCUT2D eigenvalue weighted by molar-refractivity contribution is -0.120. The van der Waals surface area contributed by atoms with Gasteiger partial charge in [-0.15, -0.1) is 11.7 Å². The van der Waals surface area contributed by atoms with Gasteiger partial charge < -0.3 is 5.32 Å². The zero-order chi connectivity index (χ0) is 13.7. The predicted molar refractivity (Wildman–Crippen MR) is 76.1 cm³/mol. The van der Waals surface area contributed by atoms with Crippen molar-refractivity contribution >= 4 is 17.7 Å². The Hall–Kier alpha value is -1.30. The lowest BCUT2D eigenvalue weighted by atomic mass is 10.1. The van der Waals surface area contributed by atoms with Crippen LogP contribution in [0.1, 0.15) is 44.3 Å². The van der Waals surface area contributed by atoms with Gasteiger partial charge in [-0.2, -0.15) is 0 Å². The summed E-state index contributed by atoms with van der Waals surface area (Å²) in [6.07, 6.45) is 6.59. The highest BCUT2D eigenvalue weighted by molar-refractivity contribution is 8.00. The number of hydrogen-bond donors (Lipinski definition) is 2. The first-order valence-corrected chi connectivity index (χ1v) is 7.56. The number of carbonyl (C=O) groups is 1. The summed E-state index contributed by atoms with van der Waals surface area (Å²) >= 11 is 1.38. The molecule has 0 bridgehead atoms. The fourth-order valence-electron chi connectivity index (χ4n) is 2.22. The molecule has 1 amide bonds. The molecule has 1 heterocycles. The first-order chi connectivity index (χ1) is 9.20. The average Bonchev–Trinajstić information content (AvgIpc) is 3.05. The number of aromatic nitrogens is 3. The molecule has 1 aromatic heterocycles. The van der Waals surface area contributed by atoms with Crippen molar-refractivity contribution in [1.29, 1.82) is 0 Å². The Morgan fingerprint density at radius 1 is 1.63 bits per heavy atom. The minimum Gasteiger partial charge on any atom is -0.352 e. The van der Waals surface area contributed by atoms with E-state index >= 15 is 0 Å². The van der Waals surface area contributed by atoms with Crippen LogP contribution in [0.5, 0.6) is 0 Å². The van der Waals surface area contributed by atoms with Crippen LogP contribution in [0.2, 0.25) is 0 Å². The van der Waals surface area contributed by atoms with Crippen LogP contribution in [-0.4, -0.2) is 32.9 Å². The summed E-state index contributed by atoms with van der Waals surface area (Å²) in [5, 5.41) is 10.4. The van der Waals surface area contributed by atoms with Gasteiger partial charge in [0, 0.05) is 12.5 Å². The van der Waals surface area contributed by atoms with Crippen molar-refractivity contribution < 1.29 is 4.79 Å². The summed E-state index contributed by atoms with van der Waals surface area (Å²) < 4.78 is 0. The average molecular weight is 280 g/mol. The molecule has 2 rings (SSSR count). The van der Waals surface area contributed by atoms with E-state index < -0.39 is 0 Å². The predicted octanol–water partition coefficient (Wildman–Crippen LogP) is 2.25. The summed E-state index contributed by atoms with van der Waals surface area (Å²) in [6, 6.07) is 0. The van der Waals surface area contributed by atoms with Gasteiger partial charge in [0.2, 0.25) is 11.1 Å². The number of amides is 1. The van der Waals surface area contributed by atoms with E-state index in [1.807, 2.05) is 6.92 Å². The molecular weight excluding hydrogens is 260 g/mol. The first kappa shape index (κ1) is 14.1. The Morgan fingerprint density at radius 2 is 2.37 bits per heavy atom. The van der Waals surface area contributed by atoms with Gasteiger partial charge in [-0.3, -0.25) is 9.89 Å². The number of nitrogens with zero attached hydrogens (tertiary/aromatic N) is 2. The van der Waals surface area contributed by atoms with E-state index in [1.54, 1.807) is 6.08 Å². The van der Waals surface area contributed by atoms with Gasteiger partial charge in [0.15, 0.2) is 0 Å². The van der Waals surface area contributed by atoms with Crippen LogP contribution >= 0.6 is 11.8 Å². The maximum absolute atomic E-state index is 11.7. The largest absolute Gasteiger partial charge is 0.352 e. The molecule has 1 aliphatic rings. The van der Waals surface area contributed by atoms with E-state index in [2.05, 4.69) is 27.1 Å². The highest BCUT2D eigenvalue weighted by Gasteiger charge is 2.22. The van der Waals surface area contributed by atoms with Crippen LogP contribution in [-0.2, 0) is 4.79 Å². The molecular formula is C13H20N4OS. The Labute approximate surface area is 117 Å². The van der Waals surface area contributed by atoms with Crippen molar-refractivity contribution in [2.75, 3.05) is 6.54 Å². The molecule has 6 heteroatoms. The third-order valence-electron chi connectivity index (χ3n) is 3.30. The molecule has 5 nitrogen and oxygen atoms in total. The van der Waals surface area contributed by atoms with E-state index in [-0.39, 0.29) is 11.2 Å². The third-order valence-corrected chi connectivity index (χ3v) is 4.26. The van der Waals surface area contributed by atoms with Crippen molar-refractivity contribution in [2.45, 2.75) is 48.9 Å². The van der Waals surface area contributed by atoms with E-state index in [4.69, 9.17) is 0 Å². The Bertz CT molecular complexity index is 440. The van der Waals surface area contributed by atoms with Crippen molar-refractivity contribution in [3.8, 4) is 0 Å². The third kappa shape index (κ3) is 3.83. The standard InChI is InChI=1S/C13H20N4OS/c1-3-8-14-12(18)9(2)19-13-15-11(16-17-13)10-6-4-5-7-10/h3,9-10H,1,4-8H2,2H3,(H,14,18)(H,15,16,17). The minimum atomic E-state index is -0.202. The van der Waals surface area contributed by atoms with Gasteiger partial charge in [-0.05, 0) is 19.8 Å². The Kier molecular flexibility index (Phi) is 5.01. The van der Waals surface area contributed by atoms with Gasteiger partial charge >= 0.3 is 0 Å². The molecule has 1 aliphatic carbocycles.